The minimum atomic E-state index is -0.594. The molecule has 1 N–H and O–H groups in total. The first-order valence-electron chi connectivity index (χ1n) is 9.08. The lowest BCUT2D eigenvalue weighted by molar-refractivity contribution is 0.0879. The smallest absolute Gasteiger partial charge is 0.286 e. The number of aromatic nitrogens is 3. The van der Waals surface area contributed by atoms with E-state index in [1.807, 2.05) is 0 Å². The van der Waals surface area contributed by atoms with Crippen molar-refractivity contribution < 1.29 is 18.3 Å². The first-order valence-corrected chi connectivity index (χ1v) is 9.42. The quantitative estimate of drug-likeness (QED) is 0.439. The number of benzene rings is 2. The van der Waals surface area contributed by atoms with E-state index < -0.39 is 17.5 Å². The summed E-state index contributed by atoms with van der Waals surface area (Å²) in [5.74, 6) is -0.423. The van der Waals surface area contributed by atoms with Gasteiger partial charge in [-0.25, -0.2) is 13.8 Å². The predicted octanol–water partition coefficient (Wildman–Crippen LogP) is 5.01. The van der Waals surface area contributed by atoms with Gasteiger partial charge in [-0.15, -0.1) is 0 Å². The predicted molar refractivity (Wildman–Crippen MR) is 113 cm³/mol. The lowest BCUT2D eigenvalue weighted by atomic mass is 10.3. The number of nitrogens with one attached hydrogen (secondary N) is 1. The maximum absolute atomic E-state index is 14.0. The molecular formula is C21H16ClF2N5O2. The third kappa shape index (κ3) is 4.26. The Labute approximate surface area is 181 Å². The van der Waals surface area contributed by atoms with Crippen LogP contribution in [0.3, 0.4) is 0 Å². The van der Waals surface area contributed by atoms with Gasteiger partial charge < -0.3 is 14.6 Å². The highest BCUT2D eigenvalue weighted by molar-refractivity contribution is 6.23. The number of imidazole rings is 1. The number of carbonyl (C=O) groups excluding carboxylic acids is 1. The lowest BCUT2D eigenvalue weighted by Crippen LogP contribution is -2.17. The number of rotatable bonds is 5. The summed E-state index contributed by atoms with van der Waals surface area (Å²) >= 11 is 5.68. The molecule has 0 unspecified atom stereocenters. The topological polar surface area (TPSA) is 72.3 Å². The van der Waals surface area contributed by atoms with Gasteiger partial charge in [0.05, 0.1) is 16.7 Å². The van der Waals surface area contributed by atoms with Crippen molar-refractivity contribution >= 4 is 40.4 Å². The number of halogens is 3. The van der Waals surface area contributed by atoms with E-state index in [-0.39, 0.29) is 11.4 Å². The van der Waals surface area contributed by atoms with E-state index in [2.05, 4.69) is 15.3 Å². The second-order valence-corrected chi connectivity index (χ2v) is 7.16. The number of hydrogen-bond acceptors (Lipinski definition) is 5. The first-order chi connectivity index (χ1) is 14.8. The monoisotopic (exact) mass is 443 g/mol. The van der Waals surface area contributed by atoms with Gasteiger partial charge in [0.2, 0.25) is 5.95 Å². The number of hydrogen-bond donors (Lipinski definition) is 1. The van der Waals surface area contributed by atoms with Gasteiger partial charge in [0.15, 0.2) is 0 Å². The molecular weight excluding hydrogens is 428 g/mol. The van der Waals surface area contributed by atoms with E-state index in [9.17, 15) is 13.6 Å². The maximum Gasteiger partial charge on any atom is 0.286 e. The van der Waals surface area contributed by atoms with Crippen molar-refractivity contribution in [2.45, 2.75) is 0 Å². The molecule has 2 aromatic carbocycles. The van der Waals surface area contributed by atoms with Crippen molar-refractivity contribution in [3.8, 4) is 11.5 Å². The summed E-state index contributed by atoms with van der Waals surface area (Å²) in [5.41, 5.74) is 1.44. The number of carbonyl (C=O) groups is 1. The van der Waals surface area contributed by atoms with Gasteiger partial charge in [0.25, 0.3) is 5.91 Å². The molecule has 158 valence electrons. The van der Waals surface area contributed by atoms with Gasteiger partial charge in [-0.05, 0) is 30.3 Å². The van der Waals surface area contributed by atoms with Gasteiger partial charge in [-0.2, -0.15) is 0 Å². The van der Waals surface area contributed by atoms with Gasteiger partial charge in [0.1, 0.15) is 28.8 Å². The zero-order valence-corrected chi connectivity index (χ0v) is 17.2. The number of pyridine rings is 1. The molecule has 31 heavy (non-hydrogen) atoms. The lowest BCUT2D eigenvalue weighted by Gasteiger charge is -2.09. The number of amides is 1. The van der Waals surface area contributed by atoms with Crippen LogP contribution in [0.1, 0.15) is 10.5 Å². The van der Waals surface area contributed by atoms with Crippen molar-refractivity contribution in [1.82, 2.24) is 19.0 Å². The fourth-order valence-corrected chi connectivity index (χ4v) is 3.04. The minimum absolute atomic E-state index is 0.0203. The SMILES string of the molecule is CN(Cl)C(=O)c1cc(Oc2ccc3c(c2)nc(Nc2cc(F)ccc2F)n3C)ccn1. The van der Waals surface area contributed by atoms with Crippen LogP contribution in [0.25, 0.3) is 11.0 Å². The fraction of sp³-hybridized carbons (Fsp3) is 0.0952. The average Bonchev–Trinajstić information content (AvgIpc) is 3.05. The number of aryl methyl sites for hydroxylation is 1. The molecule has 0 fully saturated rings. The third-order valence-electron chi connectivity index (χ3n) is 4.49. The third-order valence-corrected chi connectivity index (χ3v) is 4.65. The van der Waals surface area contributed by atoms with E-state index in [0.29, 0.717) is 23.0 Å². The van der Waals surface area contributed by atoms with E-state index in [1.54, 1.807) is 35.9 Å². The van der Waals surface area contributed by atoms with E-state index in [1.165, 1.54) is 19.3 Å². The summed E-state index contributed by atoms with van der Waals surface area (Å²) in [6.07, 6.45) is 1.44. The summed E-state index contributed by atoms with van der Waals surface area (Å²) in [4.78, 5) is 20.4. The minimum Gasteiger partial charge on any atom is -0.457 e. The summed E-state index contributed by atoms with van der Waals surface area (Å²) in [7, 11) is 3.16. The van der Waals surface area contributed by atoms with Crippen LogP contribution in [0.4, 0.5) is 20.4 Å². The zero-order valence-electron chi connectivity index (χ0n) is 16.4. The number of ether oxygens (including phenoxy) is 1. The van der Waals surface area contributed by atoms with Crippen molar-refractivity contribution in [2.75, 3.05) is 12.4 Å². The van der Waals surface area contributed by atoms with Crippen LogP contribution in [-0.4, -0.2) is 31.9 Å². The molecule has 2 aromatic heterocycles. The molecule has 0 bridgehead atoms. The highest BCUT2D eigenvalue weighted by atomic mass is 35.5. The fourth-order valence-electron chi connectivity index (χ4n) is 2.95. The van der Waals surface area contributed by atoms with Crippen molar-refractivity contribution in [3.63, 3.8) is 0 Å². The normalized spacial score (nSPS) is 10.9. The molecule has 0 radical (unpaired) electrons. The molecule has 0 saturated carbocycles. The highest BCUT2D eigenvalue weighted by Gasteiger charge is 2.14. The Kier molecular flexibility index (Phi) is 5.43. The number of anilines is 2. The Morgan fingerprint density at radius 1 is 1.13 bits per heavy atom. The molecule has 0 aliphatic rings. The summed E-state index contributed by atoms with van der Waals surface area (Å²) < 4.78 is 35.9. The van der Waals surface area contributed by atoms with Gasteiger partial charge in [-0.3, -0.25) is 14.2 Å². The molecule has 2 heterocycles. The standard InChI is InChI=1S/C21H16ClF2N5O2/c1-28-19-6-4-13(31-14-7-8-25-18(11-14)20(30)29(2)22)10-17(19)27-21(28)26-16-9-12(23)3-5-15(16)24/h3-11H,1-2H3,(H,26,27). The highest BCUT2D eigenvalue weighted by Crippen LogP contribution is 2.29. The Balaban J connectivity index is 1.61. The van der Waals surface area contributed by atoms with Crippen LogP contribution in [0.2, 0.25) is 0 Å². The molecule has 7 nitrogen and oxygen atoms in total. The van der Waals surface area contributed by atoms with Crippen molar-refractivity contribution in [3.05, 3.63) is 72.1 Å². The summed E-state index contributed by atoms with van der Waals surface area (Å²) in [5, 5.41) is 2.80. The van der Waals surface area contributed by atoms with Gasteiger partial charge in [-0.1, -0.05) is 0 Å². The molecule has 4 aromatic rings. The van der Waals surface area contributed by atoms with E-state index in [0.717, 1.165) is 28.1 Å². The maximum atomic E-state index is 14.0. The molecule has 0 aliphatic carbocycles. The van der Waals surface area contributed by atoms with E-state index in [4.69, 9.17) is 16.5 Å². The first kappa shape index (κ1) is 20.5. The second kappa shape index (κ2) is 8.19. The Hall–Kier alpha value is -3.72. The average molecular weight is 444 g/mol. The Morgan fingerprint density at radius 2 is 1.90 bits per heavy atom. The van der Waals surface area contributed by atoms with Crippen molar-refractivity contribution in [1.29, 1.82) is 0 Å². The molecule has 4 rings (SSSR count). The van der Waals surface area contributed by atoms with Gasteiger partial charge in [0, 0.05) is 50.3 Å². The summed E-state index contributed by atoms with van der Waals surface area (Å²) in [6.45, 7) is 0. The van der Waals surface area contributed by atoms with Crippen LogP contribution in [-0.2, 0) is 7.05 Å². The number of nitrogens with zero attached hydrogens (tertiary/aromatic N) is 4. The Bertz CT molecular complexity index is 1290. The largest absolute Gasteiger partial charge is 0.457 e. The van der Waals surface area contributed by atoms with Gasteiger partial charge >= 0.3 is 0 Å². The molecule has 0 aliphatic heterocycles. The molecule has 0 atom stereocenters. The van der Waals surface area contributed by atoms with Crippen LogP contribution >= 0.6 is 11.8 Å². The molecule has 1 amide bonds. The zero-order chi connectivity index (χ0) is 22.1. The molecule has 0 spiro atoms. The van der Waals surface area contributed by atoms with Crippen LogP contribution < -0.4 is 10.1 Å². The molecule has 0 saturated heterocycles. The van der Waals surface area contributed by atoms with Crippen LogP contribution in [0.5, 0.6) is 11.5 Å². The number of fused-ring (bicyclic) bond motifs is 1. The second-order valence-electron chi connectivity index (χ2n) is 6.66. The summed E-state index contributed by atoms with van der Waals surface area (Å²) in [6, 6.07) is 11.4. The van der Waals surface area contributed by atoms with Crippen LogP contribution in [0, 0.1) is 11.6 Å². The van der Waals surface area contributed by atoms with Crippen LogP contribution in [0.15, 0.2) is 54.7 Å². The van der Waals surface area contributed by atoms with E-state index >= 15 is 0 Å². The Morgan fingerprint density at radius 3 is 2.68 bits per heavy atom. The van der Waals surface area contributed by atoms with Crippen molar-refractivity contribution in [2.24, 2.45) is 7.05 Å². The molecule has 10 heteroatoms.